The van der Waals surface area contributed by atoms with Gasteiger partial charge in [0.1, 0.15) is 10.7 Å². The van der Waals surface area contributed by atoms with Crippen LogP contribution in [0, 0.1) is 6.42 Å². The minimum Gasteiger partial charge on any atom is -0.214 e. The molecule has 7 heteroatoms. The lowest BCUT2D eigenvalue weighted by atomic mass is 10.2. The van der Waals surface area contributed by atoms with Gasteiger partial charge in [0.15, 0.2) is 0 Å². The Labute approximate surface area is 77.8 Å². The van der Waals surface area contributed by atoms with E-state index in [0.29, 0.717) is 12.2 Å². The molecule has 0 saturated heterocycles. The Morgan fingerprint density at radius 1 is 1.29 bits per heavy atom. The van der Waals surface area contributed by atoms with Crippen LogP contribution in [-0.4, -0.2) is 13.9 Å². The lowest BCUT2D eigenvalue weighted by Crippen LogP contribution is -2.25. The summed E-state index contributed by atoms with van der Waals surface area (Å²) in [7, 11) is -5.55. The van der Waals surface area contributed by atoms with Crippen LogP contribution in [0.1, 0.15) is 6.42 Å². The maximum atomic E-state index is 12.8. The normalized spacial score (nSPS) is 18.9. The summed E-state index contributed by atoms with van der Waals surface area (Å²) in [6.45, 7) is 0. The fourth-order valence-electron chi connectivity index (χ4n) is 0.889. The number of alkyl halides is 3. The Morgan fingerprint density at radius 3 is 2.29 bits per heavy atom. The predicted molar refractivity (Wildman–Crippen MR) is 41.2 cm³/mol. The molecule has 0 unspecified atom stereocenters. The second kappa shape index (κ2) is 3.38. The van der Waals surface area contributed by atoms with Gasteiger partial charge < -0.3 is 0 Å². The molecule has 2 nitrogen and oxygen atoms in total. The van der Waals surface area contributed by atoms with Crippen molar-refractivity contribution in [2.24, 2.45) is 0 Å². The largest absolute Gasteiger partial charge is 0.502 e. The zero-order chi connectivity index (χ0) is 11.0. The molecule has 0 N–H and O–H groups in total. The molecule has 0 spiro atoms. The molecule has 1 rings (SSSR count). The Kier molecular flexibility index (Phi) is 2.71. The van der Waals surface area contributed by atoms with Crippen LogP contribution in [0.3, 0.4) is 0 Å². The van der Waals surface area contributed by atoms with E-state index < -0.39 is 26.1 Å². The maximum absolute atomic E-state index is 12.8. The summed E-state index contributed by atoms with van der Waals surface area (Å²) >= 11 is 0. The molecular weight excluding hydrogens is 224 g/mol. The summed E-state index contributed by atoms with van der Waals surface area (Å²) in [5.74, 6) is -1.38. The number of sulfone groups is 1. The highest BCUT2D eigenvalue weighted by Gasteiger charge is 2.49. The lowest BCUT2D eigenvalue weighted by molar-refractivity contribution is -0.0427. The van der Waals surface area contributed by atoms with E-state index in [4.69, 9.17) is 0 Å². The fourth-order valence-corrected chi connectivity index (χ4v) is 1.78. The first-order valence-corrected chi connectivity index (χ1v) is 4.96. The van der Waals surface area contributed by atoms with Crippen LogP contribution >= 0.6 is 0 Å². The van der Waals surface area contributed by atoms with Crippen molar-refractivity contribution in [3.63, 3.8) is 0 Å². The van der Waals surface area contributed by atoms with Gasteiger partial charge in [-0.1, -0.05) is 6.08 Å². The standard InChI is InChI=1S/C7H5F4O2S/c8-5-3-1-2-4-6(5)14(12,13)7(9,10)11/h1,3-4H,2H2. The second-order valence-corrected chi connectivity index (χ2v) is 4.41. The minimum absolute atomic E-state index is 0.0297. The highest BCUT2D eigenvalue weighted by Crippen LogP contribution is 2.35. The number of hydrogen-bond donors (Lipinski definition) is 0. The zero-order valence-corrected chi connectivity index (χ0v) is 7.49. The molecule has 1 aliphatic carbocycles. The van der Waals surface area contributed by atoms with Crippen molar-refractivity contribution in [1.82, 2.24) is 0 Å². The van der Waals surface area contributed by atoms with Gasteiger partial charge >= 0.3 is 5.51 Å². The Morgan fingerprint density at radius 2 is 1.86 bits per heavy atom. The second-order valence-electron chi connectivity index (χ2n) is 2.50. The van der Waals surface area contributed by atoms with Crippen molar-refractivity contribution in [2.75, 3.05) is 0 Å². The summed E-state index contributed by atoms with van der Waals surface area (Å²) in [6.07, 6.45) is 2.60. The molecule has 79 valence electrons. The maximum Gasteiger partial charge on any atom is 0.502 e. The van der Waals surface area contributed by atoms with Crippen molar-refractivity contribution in [1.29, 1.82) is 0 Å². The Balaban J connectivity index is 3.19. The summed E-state index contributed by atoms with van der Waals surface area (Å²) in [6, 6.07) is 0. The minimum atomic E-state index is -5.55. The van der Waals surface area contributed by atoms with E-state index in [1.807, 2.05) is 0 Å². The predicted octanol–water partition coefficient (Wildman–Crippen LogP) is 2.27. The summed E-state index contributed by atoms with van der Waals surface area (Å²) in [4.78, 5) is -1.30. The van der Waals surface area contributed by atoms with E-state index in [1.54, 1.807) is 0 Å². The third-order valence-electron chi connectivity index (χ3n) is 1.53. The van der Waals surface area contributed by atoms with E-state index in [-0.39, 0.29) is 6.42 Å². The van der Waals surface area contributed by atoms with Crippen molar-refractivity contribution < 1.29 is 26.0 Å². The van der Waals surface area contributed by atoms with Gasteiger partial charge in [-0.15, -0.1) is 0 Å². The monoisotopic (exact) mass is 229 g/mol. The van der Waals surface area contributed by atoms with E-state index in [0.717, 1.165) is 0 Å². The molecule has 1 radical (unpaired) electrons. The van der Waals surface area contributed by atoms with Crippen LogP contribution in [0.25, 0.3) is 0 Å². The molecule has 1 aliphatic rings. The van der Waals surface area contributed by atoms with Crippen molar-refractivity contribution >= 4 is 9.84 Å². The topological polar surface area (TPSA) is 34.1 Å². The highest BCUT2D eigenvalue weighted by molar-refractivity contribution is 7.96. The van der Waals surface area contributed by atoms with Crippen LogP contribution in [0.4, 0.5) is 17.6 Å². The average Bonchev–Trinajstić information content (AvgIpc) is 2.02. The summed E-state index contributed by atoms with van der Waals surface area (Å²) in [5, 5.41) is 0. The number of allylic oxidation sites excluding steroid dienone is 3. The molecule has 14 heavy (non-hydrogen) atoms. The van der Waals surface area contributed by atoms with Gasteiger partial charge in [0.05, 0.1) is 0 Å². The number of halogens is 4. The molecular formula is C7H5F4O2S. The molecule has 0 aromatic rings. The van der Waals surface area contributed by atoms with Crippen LogP contribution in [0.15, 0.2) is 22.9 Å². The quantitative estimate of drug-likeness (QED) is 0.646. The van der Waals surface area contributed by atoms with Crippen LogP contribution in [0.2, 0.25) is 0 Å². The SMILES string of the molecule is O=S(=O)(C1=CC[CH]C=C1F)C(F)(F)F. The Bertz CT molecular complexity index is 388. The molecule has 0 aromatic heterocycles. The molecule has 0 fully saturated rings. The average molecular weight is 229 g/mol. The first-order chi connectivity index (χ1) is 6.27. The van der Waals surface area contributed by atoms with Crippen molar-refractivity contribution in [2.45, 2.75) is 11.9 Å². The molecule has 0 heterocycles. The van der Waals surface area contributed by atoms with Crippen LogP contribution < -0.4 is 0 Å². The van der Waals surface area contributed by atoms with E-state index in [9.17, 15) is 26.0 Å². The third kappa shape index (κ3) is 1.82. The molecule has 0 aromatic carbocycles. The molecule has 0 saturated carbocycles. The smallest absolute Gasteiger partial charge is 0.214 e. The Hall–Kier alpha value is -0.850. The van der Waals surface area contributed by atoms with Crippen molar-refractivity contribution in [3.8, 4) is 0 Å². The van der Waals surface area contributed by atoms with E-state index >= 15 is 0 Å². The first kappa shape index (κ1) is 11.2. The van der Waals surface area contributed by atoms with Gasteiger partial charge in [-0.3, -0.25) is 0 Å². The summed E-state index contributed by atoms with van der Waals surface area (Å²) < 4.78 is 70.1. The molecule has 0 amide bonds. The summed E-state index contributed by atoms with van der Waals surface area (Å²) in [5.41, 5.74) is -5.46. The zero-order valence-electron chi connectivity index (χ0n) is 6.68. The van der Waals surface area contributed by atoms with Gasteiger partial charge in [-0.05, 0) is 18.9 Å². The van der Waals surface area contributed by atoms with Gasteiger partial charge in [0.25, 0.3) is 9.84 Å². The number of hydrogen-bond acceptors (Lipinski definition) is 2. The van der Waals surface area contributed by atoms with Crippen LogP contribution in [-0.2, 0) is 9.84 Å². The van der Waals surface area contributed by atoms with E-state index in [1.165, 1.54) is 6.42 Å². The van der Waals surface area contributed by atoms with Gasteiger partial charge in [0, 0.05) is 0 Å². The molecule has 0 aliphatic heterocycles. The van der Waals surface area contributed by atoms with Gasteiger partial charge in [0.2, 0.25) is 0 Å². The van der Waals surface area contributed by atoms with Crippen LogP contribution in [0.5, 0.6) is 0 Å². The molecule has 0 atom stereocenters. The first-order valence-electron chi connectivity index (χ1n) is 3.47. The number of rotatable bonds is 1. The third-order valence-corrected chi connectivity index (χ3v) is 3.08. The fraction of sp³-hybridized carbons (Fsp3) is 0.286. The van der Waals surface area contributed by atoms with E-state index in [2.05, 4.69) is 0 Å². The highest BCUT2D eigenvalue weighted by atomic mass is 32.2. The lowest BCUT2D eigenvalue weighted by Gasteiger charge is -2.12. The van der Waals surface area contributed by atoms with Gasteiger partial charge in [-0.2, -0.15) is 13.2 Å². The van der Waals surface area contributed by atoms with Crippen molar-refractivity contribution in [3.05, 3.63) is 29.3 Å². The van der Waals surface area contributed by atoms with Gasteiger partial charge in [-0.25, -0.2) is 12.8 Å². The molecule has 0 bridgehead atoms.